The van der Waals surface area contributed by atoms with Crippen molar-refractivity contribution in [1.29, 1.82) is 5.26 Å². The number of hydrogen-bond acceptors (Lipinski definition) is 5. The summed E-state index contributed by atoms with van der Waals surface area (Å²) >= 11 is 0. The van der Waals surface area contributed by atoms with E-state index in [1.807, 2.05) is 55.5 Å². The van der Waals surface area contributed by atoms with Gasteiger partial charge in [-0.15, -0.1) is 0 Å². The lowest BCUT2D eigenvalue weighted by atomic mass is 10.1. The van der Waals surface area contributed by atoms with E-state index in [1.165, 1.54) is 6.21 Å². The van der Waals surface area contributed by atoms with Crippen molar-refractivity contribution >= 4 is 12.1 Å². The summed E-state index contributed by atoms with van der Waals surface area (Å²) in [5.74, 6) is 0.888. The van der Waals surface area contributed by atoms with Crippen molar-refractivity contribution in [3.8, 4) is 17.6 Å². The van der Waals surface area contributed by atoms with E-state index in [0.717, 1.165) is 11.1 Å². The van der Waals surface area contributed by atoms with E-state index in [0.29, 0.717) is 35.8 Å². The molecule has 0 bridgehead atoms. The molecule has 6 nitrogen and oxygen atoms in total. The fraction of sp³-hybridized carbons (Fsp3) is 0.125. The Kier molecular flexibility index (Phi) is 7.17. The molecule has 0 atom stereocenters. The van der Waals surface area contributed by atoms with Crippen molar-refractivity contribution < 1.29 is 14.3 Å². The fourth-order valence-corrected chi connectivity index (χ4v) is 2.65. The lowest BCUT2D eigenvalue weighted by molar-refractivity contribution is 0.0955. The SMILES string of the molecule is CCOc1cc(/C=N\NC(=O)c2ccc(C#N)cc2)ccc1OCc1ccccc1. The van der Waals surface area contributed by atoms with Crippen LogP contribution in [0.15, 0.2) is 77.9 Å². The van der Waals surface area contributed by atoms with Crippen molar-refractivity contribution in [1.82, 2.24) is 5.43 Å². The number of carbonyl (C=O) groups is 1. The summed E-state index contributed by atoms with van der Waals surface area (Å²) in [6.45, 7) is 2.84. The summed E-state index contributed by atoms with van der Waals surface area (Å²) in [4.78, 5) is 12.1. The maximum Gasteiger partial charge on any atom is 0.271 e. The van der Waals surface area contributed by atoms with E-state index < -0.39 is 0 Å². The summed E-state index contributed by atoms with van der Waals surface area (Å²) in [7, 11) is 0. The molecule has 1 amide bonds. The van der Waals surface area contributed by atoms with Crippen molar-refractivity contribution in [2.45, 2.75) is 13.5 Å². The summed E-state index contributed by atoms with van der Waals surface area (Å²) in [6, 6.07) is 23.7. The van der Waals surface area contributed by atoms with Crippen molar-refractivity contribution in [2.24, 2.45) is 5.10 Å². The van der Waals surface area contributed by atoms with Crippen molar-refractivity contribution in [3.05, 3.63) is 95.1 Å². The first-order valence-corrected chi connectivity index (χ1v) is 9.46. The number of ether oxygens (including phenoxy) is 2. The number of hydrogen-bond donors (Lipinski definition) is 1. The zero-order valence-corrected chi connectivity index (χ0v) is 16.5. The van der Waals surface area contributed by atoms with Crippen LogP contribution in [0.3, 0.4) is 0 Å². The number of carbonyl (C=O) groups excluding carboxylic acids is 1. The third kappa shape index (κ3) is 5.69. The van der Waals surface area contributed by atoms with Crippen LogP contribution in [0.5, 0.6) is 11.5 Å². The van der Waals surface area contributed by atoms with Gasteiger partial charge in [-0.2, -0.15) is 10.4 Å². The van der Waals surface area contributed by atoms with E-state index in [4.69, 9.17) is 14.7 Å². The summed E-state index contributed by atoms with van der Waals surface area (Å²) in [5.41, 5.74) is 5.21. The molecule has 1 N–H and O–H groups in total. The third-order valence-electron chi connectivity index (χ3n) is 4.16. The van der Waals surface area contributed by atoms with Crippen LogP contribution in [0.25, 0.3) is 0 Å². The second kappa shape index (κ2) is 10.4. The molecule has 0 spiro atoms. The van der Waals surface area contributed by atoms with E-state index in [1.54, 1.807) is 30.3 Å². The molecule has 3 rings (SSSR count). The Morgan fingerprint density at radius 2 is 1.80 bits per heavy atom. The van der Waals surface area contributed by atoms with Gasteiger partial charge in [0.2, 0.25) is 0 Å². The molecule has 0 aliphatic carbocycles. The Morgan fingerprint density at radius 3 is 2.50 bits per heavy atom. The van der Waals surface area contributed by atoms with Crippen LogP contribution in [0.2, 0.25) is 0 Å². The first-order valence-electron chi connectivity index (χ1n) is 9.46. The Balaban J connectivity index is 1.64. The van der Waals surface area contributed by atoms with Crippen LogP contribution in [0.1, 0.15) is 34.0 Å². The molecular formula is C24H21N3O3. The average Bonchev–Trinajstić information content (AvgIpc) is 2.79. The standard InChI is InChI=1S/C24H21N3O3/c1-2-29-23-14-20(10-13-22(23)30-17-19-6-4-3-5-7-19)16-26-27-24(28)21-11-8-18(15-25)9-12-21/h3-14,16H,2,17H2,1H3,(H,27,28)/b26-16-. The van der Waals surface area contributed by atoms with Crippen LogP contribution in [-0.4, -0.2) is 18.7 Å². The molecule has 0 aliphatic rings. The summed E-state index contributed by atoms with van der Waals surface area (Å²) in [6.07, 6.45) is 1.53. The van der Waals surface area contributed by atoms with E-state index in [2.05, 4.69) is 10.5 Å². The molecule has 3 aromatic rings. The van der Waals surface area contributed by atoms with Crippen LogP contribution < -0.4 is 14.9 Å². The minimum Gasteiger partial charge on any atom is -0.490 e. The maximum absolute atomic E-state index is 12.1. The quantitative estimate of drug-likeness (QED) is 0.452. The van der Waals surface area contributed by atoms with Crippen LogP contribution in [0, 0.1) is 11.3 Å². The topological polar surface area (TPSA) is 83.7 Å². The third-order valence-corrected chi connectivity index (χ3v) is 4.16. The van der Waals surface area contributed by atoms with E-state index >= 15 is 0 Å². The monoisotopic (exact) mass is 399 g/mol. The first kappa shape index (κ1) is 20.6. The summed E-state index contributed by atoms with van der Waals surface area (Å²) < 4.78 is 11.6. The molecule has 6 heteroatoms. The van der Waals surface area contributed by atoms with Crippen LogP contribution >= 0.6 is 0 Å². The highest BCUT2D eigenvalue weighted by molar-refractivity contribution is 5.95. The highest BCUT2D eigenvalue weighted by Gasteiger charge is 2.07. The zero-order chi connectivity index (χ0) is 21.2. The number of nitrogens with zero attached hydrogens (tertiary/aromatic N) is 2. The molecule has 0 radical (unpaired) electrons. The Labute approximate surface area is 175 Å². The number of amides is 1. The van der Waals surface area contributed by atoms with Gasteiger partial charge in [-0.3, -0.25) is 4.79 Å². The largest absolute Gasteiger partial charge is 0.490 e. The Morgan fingerprint density at radius 1 is 1.03 bits per heavy atom. The van der Waals surface area contributed by atoms with E-state index in [-0.39, 0.29) is 5.91 Å². The van der Waals surface area contributed by atoms with Crippen LogP contribution in [0.4, 0.5) is 0 Å². The average molecular weight is 399 g/mol. The smallest absolute Gasteiger partial charge is 0.271 e. The second-order valence-corrected chi connectivity index (χ2v) is 6.30. The normalized spacial score (nSPS) is 10.4. The molecule has 0 aliphatic heterocycles. The van der Waals surface area contributed by atoms with Gasteiger partial charge in [0.15, 0.2) is 11.5 Å². The lowest BCUT2D eigenvalue weighted by Crippen LogP contribution is -2.17. The van der Waals surface area contributed by atoms with Crippen LogP contribution in [-0.2, 0) is 6.61 Å². The second-order valence-electron chi connectivity index (χ2n) is 6.30. The van der Waals surface area contributed by atoms with Gasteiger partial charge in [-0.25, -0.2) is 5.43 Å². The van der Waals surface area contributed by atoms with Gasteiger partial charge in [0.05, 0.1) is 24.5 Å². The fourth-order valence-electron chi connectivity index (χ4n) is 2.65. The van der Waals surface area contributed by atoms with Gasteiger partial charge in [-0.05, 0) is 60.5 Å². The Bertz CT molecular complexity index is 1060. The molecule has 150 valence electrons. The highest BCUT2D eigenvalue weighted by Crippen LogP contribution is 2.28. The van der Waals surface area contributed by atoms with Gasteiger partial charge in [0.25, 0.3) is 5.91 Å². The molecular weight excluding hydrogens is 378 g/mol. The molecule has 0 fully saturated rings. The predicted octanol–water partition coefficient (Wildman–Crippen LogP) is 4.30. The van der Waals surface area contributed by atoms with Gasteiger partial charge in [0.1, 0.15) is 6.61 Å². The molecule has 0 heterocycles. The molecule has 0 saturated heterocycles. The number of nitriles is 1. The van der Waals surface area contributed by atoms with Crippen molar-refractivity contribution in [3.63, 3.8) is 0 Å². The summed E-state index contributed by atoms with van der Waals surface area (Å²) in [5, 5.41) is 12.8. The predicted molar refractivity (Wildman–Crippen MR) is 115 cm³/mol. The Hall–Kier alpha value is -4.11. The molecule has 0 aromatic heterocycles. The minimum atomic E-state index is -0.358. The highest BCUT2D eigenvalue weighted by atomic mass is 16.5. The number of hydrazone groups is 1. The molecule has 0 saturated carbocycles. The first-order chi connectivity index (χ1) is 14.7. The van der Waals surface area contributed by atoms with Gasteiger partial charge in [0, 0.05) is 5.56 Å². The van der Waals surface area contributed by atoms with Gasteiger partial charge in [-0.1, -0.05) is 30.3 Å². The zero-order valence-electron chi connectivity index (χ0n) is 16.5. The number of rotatable bonds is 8. The lowest BCUT2D eigenvalue weighted by Gasteiger charge is -2.12. The number of nitrogens with one attached hydrogen (secondary N) is 1. The van der Waals surface area contributed by atoms with Gasteiger partial charge < -0.3 is 9.47 Å². The minimum absolute atomic E-state index is 0.358. The van der Waals surface area contributed by atoms with Gasteiger partial charge >= 0.3 is 0 Å². The molecule has 3 aromatic carbocycles. The molecule has 30 heavy (non-hydrogen) atoms. The number of benzene rings is 3. The van der Waals surface area contributed by atoms with Crippen molar-refractivity contribution in [2.75, 3.05) is 6.61 Å². The molecule has 0 unspecified atom stereocenters. The van der Waals surface area contributed by atoms with E-state index in [9.17, 15) is 4.79 Å². The maximum atomic E-state index is 12.1.